The second-order valence-corrected chi connectivity index (χ2v) is 4.60. The summed E-state index contributed by atoms with van der Waals surface area (Å²) in [6.45, 7) is 2.56. The topological polar surface area (TPSA) is 79.6 Å². The van der Waals surface area contributed by atoms with Crippen LogP contribution in [-0.2, 0) is 16.1 Å². The minimum absolute atomic E-state index is 0.0349. The molecule has 0 fully saturated rings. The van der Waals surface area contributed by atoms with Crippen LogP contribution in [0.25, 0.3) is 0 Å². The van der Waals surface area contributed by atoms with Gasteiger partial charge in [-0.3, -0.25) is 9.59 Å². The van der Waals surface area contributed by atoms with Gasteiger partial charge in [0.1, 0.15) is 5.71 Å². The third-order valence-corrected chi connectivity index (χ3v) is 2.89. The zero-order chi connectivity index (χ0) is 13.8. The van der Waals surface area contributed by atoms with E-state index in [0.717, 1.165) is 0 Å². The first kappa shape index (κ1) is 13.3. The van der Waals surface area contributed by atoms with Crippen molar-refractivity contribution in [2.45, 2.75) is 32.4 Å². The van der Waals surface area contributed by atoms with E-state index in [4.69, 9.17) is 0 Å². The molecule has 0 unspecified atom stereocenters. The highest BCUT2D eigenvalue weighted by atomic mass is 16.2. The lowest BCUT2D eigenvalue weighted by atomic mass is 10.1. The normalized spacial score (nSPS) is 17.1. The molecule has 1 aromatic rings. The molecule has 7 heteroatoms. The van der Waals surface area contributed by atoms with E-state index in [1.807, 2.05) is 17.7 Å². The van der Waals surface area contributed by atoms with Crippen LogP contribution in [0.1, 0.15) is 19.8 Å². The molecule has 0 aliphatic carbocycles. The van der Waals surface area contributed by atoms with Crippen molar-refractivity contribution in [3.05, 3.63) is 18.7 Å². The van der Waals surface area contributed by atoms with E-state index in [1.165, 1.54) is 5.01 Å². The Kier molecular flexibility index (Phi) is 3.94. The summed E-state index contributed by atoms with van der Waals surface area (Å²) in [6.07, 6.45) is 5.96. The van der Waals surface area contributed by atoms with Crippen molar-refractivity contribution in [3.8, 4) is 0 Å². The maximum atomic E-state index is 12.0. The summed E-state index contributed by atoms with van der Waals surface area (Å²) in [4.78, 5) is 27.2. The van der Waals surface area contributed by atoms with Crippen LogP contribution in [-0.4, -0.2) is 45.2 Å². The average Bonchev–Trinajstić information content (AvgIpc) is 2.85. The van der Waals surface area contributed by atoms with Crippen molar-refractivity contribution in [1.82, 2.24) is 19.9 Å². The van der Waals surface area contributed by atoms with Gasteiger partial charge in [0, 0.05) is 44.9 Å². The van der Waals surface area contributed by atoms with E-state index in [0.29, 0.717) is 25.1 Å². The maximum Gasteiger partial charge on any atom is 0.267 e. The number of aromatic nitrogens is 2. The number of hydrogen-bond acceptors (Lipinski definition) is 4. The van der Waals surface area contributed by atoms with Crippen LogP contribution >= 0.6 is 0 Å². The zero-order valence-electron chi connectivity index (χ0n) is 11.0. The highest BCUT2D eigenvalue weighted by Gasteiger charge is 2.22. The molecule has 0 aromatic carbocycles. The van der Waals surface area contributed by atoms with Gasteiger partial charge < -0.3 is 9.88 Å². The molecule has 2 rings (SSSR count). The third kappa shape index (κ3) is 3.40. The third-order valence-electron chi connectivity index (χ3n) is 2.89. The number of carbonyl (C=O) groups excluding carboxylic acids is 2. The molecule has 19 heavy (non-hydrogen) atoms. The Hall–Kier alpha value is -2.18. The second kappa shape index (κ2) is 5.64. The van der Waals surface area contributed by atoms with Crippen molar-refractivity contribution < 1.29 is 9.59 Å². The molecular formula is C12H17N5O2. The van der Waals surface area contributed by atoms with Gasteiger partial charge in [0.2, 0.25) is 5.91 Å². The Balaban J connectivity index is 1.90. The predicted octanol–water partition coefficient (Wildman–Crippen LogP) is -0.00400. The molecule has 1 aromatic heterocycles. The van der Waals surface area contributed by atoms with E-state index in [1.54, 1.807) is 19.6 Å². The molecule has 0 saturated carbocycles. The van der Waals surface area contributed by atoms with Gasteiger partial charge in [0.05, 0.1) is 6.33 Å². The molecule has 0 bridgehead atoms. The Morgan fingerprint density at radius 2 is 2.32 bits per heavy atom. The first-order valence-corrected chi connectivity index (χ1v) is 6.17. The SMILES string of the molecule is C[C@@H](Cn1ccnc1)NC(=O)C1=NN(C)C(=O)CC1. The number of amides is 2. The first-order valence-electron chi connectivity index (χ1n) is 6.17. The summed E-state index contributed by atoms with van der Waals surface area (Å²) in [5, 5.41) is 8.07. The minimum atomic E-state index is -0.216. The lowest BCUT2D eigenvalue weighted by molar-refractivity contribution is -0.130. The van der Waals surface area contributed by atoms with Gasteiger partial charge in [0.25, 0.3) is 5.91 Å². The number of hydrazone groups is 1. The summed E-state index contributed by atoms with van der Waals surface area (Å²) in [7, 11) is 1.56. The van der Waals surface area contributed by atoms with Crippen molar-refractivity contribution in [3.63, 3.8) is 0 Å². The molecule has 1 N–H and O–H groups in total. The summed E-state index contributed by atoms with van der Waals surface area (Å²) >= 11 is 0. The Bertz CT molecular complexity index is 494. The van der Waals surface area contributed by atoms with Crippen molar-refractivity contribution >= 4 is 17.5 Å². The lowest BCUT2D eigenvalue weighted by Crippen LogP contribution is -2.42. The smallest absolute Gasteiger partial charge is 0.267 e. The molecule has 2 amide bonds. The van der Waals surface area contributed by atoms with Gasteiger partial charge in [-0.25, -0.2) is 9.99 Å². The summed E-state index contributed by atoms with van der Waals surface area (Å²) in [5.74, 6) is -0.282. The fourth-order valence-electron chi connectivity index (χ4n) is 1.90. The van der Waals surface area contributed by atoms with E-state index in [9.17, 15) is 9.59 Å². The highest BCUT2D eigenvalue weighted by molar-refractivity contribution is 6.39. The van der Waals surface area contributed by atoms with E-state index >= 15 is 0 Å². The fourth-order valence-corrected chi connectivity index (χ4v) is 1.90. The second-order valence-electron chi connectivity index (χ2n) is 4.60. The molecule has 0 radical (unpaired) electrons. The summed E-state index contributed by atoms with van der Waals surface area (Å²) in [5.41, 5.74) is 0.402. The van der Waals surface area contributed by atoms with Crippen LogP contribution in [0.15, 0.2) is 23.8 Å². The average molecular weight is 263 g/mol. The minimum Gasteiger partial charge on any atom is -0.347 e. The van der Waals surface area contributed by atoms with Crippen LogP contribution in [0, 0.1) is 0 Å². The number of carbonyl (C=O) groups is 2. The van der Waals surface area contributed by atoms with Gasteiger partial charge in [-0.05, 0) is 6.92 Å². The molecule has 1 aliphatic heterocycles. The number of rotatable bonds is 4. The highest BCUT2D eigenvalue weighted by Crippen LogP contribution is 2.07. The largest absolute Gasteiger partial charge is 0.347 e. The lowest BCUT2D eigenvalue weighted by Gasteiger charge is -2.20. The maximum absolute atomic E-state index is 12.0. The van der Waals surface area contributed by atoms with Gasteiger partial charge in [-0.15, -0.1) is 0 Å². The van der Waals surface area contributed by atoms with E-state index < -0.39 is 0 Å². The van der Waals surface area contributed by atoms with Gasteiger partial charge in [-0.2, -0.15) is 5.10 Å². The quantitative estimate of drug-likeness (QED) is 0.830. The number of nitrogens with one attached hydrogen (secondary N) is 1. The standard InChI is InChI=1S/C12H17N5O2/c1-9(7-17-6-5-13-8-17)14-12(19)10-3-4-11(18)16(2)15-10/h5-6,8-9H,3-4,7H2,1-2H3,(H,14,19)/t9-/m0/s1. The molecule has 102 valence electrons. The molecule has 1 atom stereocenters. The van der Waals surface area contributed by atoms with Gasteiger partial charge >= 0.3 is 0 Å². The van der Waals surface area contributed by atoms with Crippen LogP contribution in [0.5, 0.6) is 0 Å². The molecule has 0 spiro atoms. The number of imidazole rings is 1. The predicted molar refractivity (Wildman–Crippen MR) is 69.3 cm³/mol. The Morgan fingerprint density at radius 3 is 2.95 bits per heavy atom. The fraction of sp³-hybridized carbons (Fsp3) is 0.500. The molecule has 2 heterocycles. The Labute approximate surface area is 111 Å². The Morgan fingerprint density at radius 1 is 1.53 bits per heavy atom. The molecule has 7 nitrogen and oxygen atoms in total. The number of nitrogens with zero attached hydrogens (tertiary/aromatic N) is 4. The van der Waals surface area contributed by atoms with Crippen LogP contribution in [0.2, 0.25) is 0 Å². The summed E-state index contributed by atoms with van der Waals surface area (Å²) in [6, 6.07) is -0.0349. The summed E-state index contributed by atoms with van der Waals surface area (Å²) < 4.78 is 1.89. The van der Waals surface area contributed by atoms with Crippen LogP contribution < -0.4 is 5.32 Å². The van der Waals surface area contributed by atoms with E-state index in [2.05, 4.69) is 15.4 Å². The molecule has 1 aliphatic rings. The van der Waals surface area contributed by atoms with E-state index in [-0.39, 0.29) is 17.9 Å². The molecule has 0 saturated heterocycles. The van der Waals surface area contributed by atoms with Crippen LogP contribution in [0.3, 0.4) is 0 Å². The van der Waals surface area contributed by atoms with Crippen LogP contribution in [0.4, 0.5) is 0 Å². The zero-order valence-corrected chi connectivity index (χ0v) is 11.0. The van der Waals surface area contributed by atoms with Crippen molar-refractivity contribution in [2.75, 3.05) is 7.05 Å². The van der Waals surface area contributed by atoms with Crippen molar-refractivity contribution in [2.24, 2.45) is 5.10 Å². The number of hydrogen-bond donors (Lipinski definition) is 1. The van der Waals surface area contributed by atoms with Crippen molar-refractivity contribution in [1.29, 1.82) is 0 Å². The first-order chi connectivity index (χ1) is 9.06. The monoisotopic (exact) mass is 263 g/mol. The molecular weight excluding hydrogens is 246 g/mol. The van der Waals surface area contributed by atoms with Gasteiger partial charge in [0.15, 0.2) is 0 Å². The van der Waals surface area contributed by atoms with Gasteiger partial charge in [-0.1, -0.05) is 0 Å².